The third-order valence-corrected chi connectivity index (χ3v) is 6.51. The van der Waals surface area contributed by atoms with Crippen LogP contribution < -0.4 is 10.5 Å². The van der Waals surface area contributed by atoms with Gasteiger partial charge in [-0.15, -0.1) is 0 Å². The van der Waals surface area contributed by atoms with Crippen molar-refractivity contribution >= 4 is 28.3 Å². The van der Waals surface area contributed by atoms with Crippen molar-refractivity contribution in [1.82, 2.24) is 19.4 Å². The summed E-state index contributed by atoms with van der Waals surface area (Å²) in [5.74, 6) is -0.428. The number of morpholine rings is 1. The number of benzene rings is 1. The van der Waals surface area contributed by atoms with Crippen LogP contribution in [0.3, 0.4) is 0 Å². The number of aromatic amines is 1. The molecule has 0 spiro atoms. The number of rotatable bonds is 6. The number of ether oxygens (including phenoxy) is 1. The van der Waals surface area contributed by atoms with E-state index < -0.39 is 11.9 Å². The maximum absolute atomic E-state index is 14.1. The van der Waals surface area contributed by atoms with Gasteiger partial charge in [0.05, 0.1) is 31.1 Å². The van der Waals surface area contributed by atoms with E-state index in [-0.39, 0.29) is 5.56 Å². The molecule has 182 valence electrons. The summed E-state index contributed by atoms with van der Waals surface area (Å²) in [5, 5.41) is 1.25. The number of nitrogens with one attached hydrogen (secondary N) is 1. The molecule has 0 radical (unpaired) electrons. The van der Waals surface area contributed by atoms with Gasteiger partial charge in [-0.3, -0.25) is 4.79 Å². The molecular formula is C26H27ClFN5O2. The van der Waals surface area contributed by atoms with Crippen molar-refractivity contribution in [2.24, 2.45) is 0 Å². The Morgan fingerprint density at radius 1 is 1.20 bits per heavy atom. The summed E-state index contributed by atoms with van der Waals surface area (Å²) in [4.78, 5) is 25.3. The summed E-state index contributed by atoms with van der Waals surface area (Å²) in [6, 6.07) is 9.64. The normalized spacial score (nSPS) is 15.2. The Hall–Kier alpha value is -3.20. The third kappa shape index (κ3) is 4.96. The SMILES string of the molecule is CN(C)CC(c1cc(F)cc(Cl)c1)n1ccc(-c2c[nH]c3ncc(N4CCOCC4)cc23)cc1=O. The molecule has 0 saturated carbocycles. The number of aromatic nitrogens is 3. The molecule has 1 saturated heterocycles. The number of hydrogen-bond acceptors (Lipinski definition) is 5. The number of H-pyrrole nitrogens is 1. The Morgan fingerprint density at radius 3 is 2.71 bits per heavy atom. The molecule has 9 heteroatoms. The minimum Gasteiger partial charge on any atom is -0.378 e. The zero-order valence-electron chi connectivity index (χ0n) is 19.7. The van der Waals surface area contributed by atoms with Crippen molar-refractivity contribution in [1.29, 1.82) is 0 Å². The van der Waals surface area contributed by atoms with Crippen LogP contribution >= 0.6 is 11.6 Å². The van der Waals surface area contributed by atoms with Crippen LogP contribution in [0.15, 0.2) is 59.8 Å². The van der Waals surface area contributed by atoms with Gasteiger partial charge in [0.1, 0.15) is 11.5 Å². The summed E-state index contributed by atoms with van der Waals surface area (Å²) >= 11 is 6.11. The second kappa shape index (κ2) is 9.81. The molecule has 0 bridgehead atoms. The number of anilines is 1. The molecular weight excluding hydrogens is 469 g/mol. The van der Waals surface area contributed by atoms with E-state index in [1.54, 1.807) is 22.9 Å². The van der Waals surface area contributed by atoms with Crippen LogP contribution in [-0.2, 0) is 4.74 Å². The van der Waals surface area contributed by atoms with E-state index in [4.69, 9.17) is 16.3 Å². The first-order valence-corrected chi connectivity index (χ1v) is 11.9. The van der Waals surface area contributed by atoms with Gasteiger partial charge in [-0.1, -0.05) is 11.6 Å². The molecule has 1 unspecified atom stereocenters. The summed E-state index contributed by atoms with van der Waals surface area (Å²) in [5.41, 5.74) is 3.96. The largest absolute Gasteiger partial charge is 0.378 e. The lowest BCUT2D eigenvalue weighted by Gasteiger charge is -2.28. The molecule has 1 N–H and O–H groups in total. The molecule has 7 nitrogen and oxygen atoms in total. The number of halogens is 2. The summed E-state index contributed by atoms with van der Waals surface area (Å²) < 4.78 is 21.2. The van der Waals surface area contributed by atoms with Crippen molar-refractivity contribution in [3.8, 4) is 11.1 Å². The van der Waals surface area contributed by atoms with Crippen LogP contribution in [-0.4, -0.2) is 66.4 Å². The fourth-order valence-electron chi connectivity index (χ4n) is 4.61. The summed E-state index contributed by atoms with van der Waals surface area (Å²) in [6.07, 6.45) is 5.51. The highest BCUT2D eigenvalue weighted by atomic mass is 35.5. The van der Waals surface area contributed by atoms with Crippen molar-refractivity contribution in [2.45, 2.75) is 6.04 Å². The molecule has 0 amide bonds. The first kappa shape index (κ1) is 23.5. The van der Waals surface area contributed by atoms with Gasteiger partial charge in [-0.2, -0.15) is 0 Å². The Kier molecular flexibility index (Phi) is 6.60. The highest BCUT2D eigenvalue weighted by Gasteiger charge is 2.19. The van der Waals surface area contributed by atoms with Crippen molar-refractivity contribution in [2.75, 3.05) is 51.8 Å². The molecule has 35 heavy (non-hydrogen) atoms. The Balaban J connectivity index is 1.53. The Morgan fingerprint density at radius 2 is 2.00 bits per heavy atom. The first-order valence-electron chi connectivity index (χ1n) is 11.5. The average molecular weight is 496 g/mol. The number of pyridine rings is 2. The van der Waals surface area contributed by atoms with Crippen LogP contribution in [0.1, 0.15) is 11.6 Å². The zero-order chi connectivity index (χ0) is 24.5. The van der Waals surface area contributed by atoms with Crippen LogP contribution in [0.4, 0.5) is 10.1 Å². The van der Waals surface area contributed by atoms with Crippen molar-refractivity contribution in [3.05, 3.63) is 81.7 Å². The highest BCUT2D eigenvalue weighted by molar-refractivity contribution is 6.30. The van der Waals surface area contributed by atoms with E-state index >= 15 is 0 Å². The predicted molar refractivity (Wildman–Crippen MR) is 137 cm³/mol. The lowest BCUT2D eigenvalue weighted by Crippen LogP contribution is -2.36. The van der Waals surface area contributed by atoms with Gasteiger partial charge in [-0.25, -0.2) is 9.37 Å². The third-order valence-electron chi connectivity index (χ3n) is 6.30. The Labute approximate surface area is 207 Å². The first-order chi connectivity index (χ1) is 16.9. The molecule has 4 heterocycles. The van der Waals surface area contributed by atoms with E-state index in [0.29, 0.717) is 30.3 Å². The van der Waals surface area contributed by atoms with Gasteiger partial charge in [0.15, 0.2) is 0 Å². The Bertz CT molecular complexity index is 1390. The molecule has 4 aromatic rings. The van der Waals surface area contributed by atoms with Crippen LogP contribution in [0, 0.1) is 5.82 Å². The van der Waals surface area contributed by atoms with Crippen LogP contribution in [0.5, 0.6) is 0 Å². The van der Waals surface area contributed by atoms with E-state index in [9.17, 15) is 9.18 Å². The molecule has 0 aliphatic carbocycles. The standard InChI is InChI=1S/C26H27ClFN5O2/c1-31(2)16-24(18-9-19(27)12-20(28)10-18)33-4-3-17(11-25(33)34)23-15-30-26-22(23)13-21(14-29-26)32-5-7-35-8-6-32/h3-4,9-15,24H,5-8,16H2,1-2H3,(H,29,30). The quantitative estimate of drug-likeness (QED) is 0.435. The second-order valence-electron chi connectivity index (χ2n) is 9.03. The van der Waals surface area contributed by atoms with Crippen molar-refractivity contribution < 1.29 is 9.13 Å². The van der Waals surface area contributed by atoms with Crippen LogP contribution in [0.25, 0.3) is 22.2 Å². The van der Waals surface area contributed by atoms with Gasteiger partial charge < -0.3 is 24.1 Å². The maximum atomic E-state index is 14.1. The monoisotopic (exact) mass is 495 g/mol. The van der Waals surface area contributed by atoms with E-state index in [2.05, 4.69) is 20.9 Å². The molecule has 5 rings (SSSR count). The van der Waals surface area contributed by atoms with Gasteiger partial charge in [-0.05, 0) is 55.6 Å². The van der Waals surface area contributed by atoms with Crippen LogP contribution in [0.2, 0.25) is 5.02 Å². The van der Waals surface area contributed by atoms with Crippen molar-refractivity contribution in [3.63, 3.8) is 0 Å². The molecule has 1 aliphatic rings. The average Bonchev–Trinajstić information content (AvgIpc) is 3.26. The lowest BCUT2D eigenvalue weighted by atomic mass is 10.0. The molecule has 3 aromatic heterocycles. The number of nitrogens with zero attached hydrogens (tertiary/aromatic N) is 4. The second-order valence-corrected chi connectivity index (χ2v) is 9.47. The smallest absolute Gasteiger partial charge is 0.251 e. The predicted octanol–water partition coefficient (Wildman–Crippen LogP) is 4.17. The summed E-state index contributed by atoms with van der Waals surface area (Å²) in [7, 11) is 3.83. The minimum atomic E-state index is -0.428. The topological polar surface area (TPSA) is 66.4 Å². The van der Waals surface area contributed by atoms with Gasteiger partial charge in [0, 0.05) is 54.1 Å². The number of fused-ring (bicyclic) bond motifs is 1. The van der Waals surface area contributed by atoms with Gasteiger partial charge >= 0.3 is 0 Å². The maximum Gasteiger partial charge on any atom is 0.251 e. The van der Waals surface area contributed by atoms with Gasteiger partial charge in [0.25, 0.3) is 5.56 Å². The van der Waals surface area contributed by atoms with Gasteiger partial charge in [0.2, 0.25) is 0 Å². The lowest BCUT2D eigenvalue weighted by molar-refractivity contribution is 0.122. The molecule has 1 fully saturated rings. The fourth-order valence-corrected chi connectivity index (χ4v) is 4.84. The number of hydrogen-bond donors (Lipinski definition) is 1. The molecule has 1 aromatic carbocycles. The molecule has 1 aliphatic heterocycles. The summed E-state index contributed by atoms with van der Waals surface area (Å²) in [6.45, 7) is 3.54. The van der Waals surface area contributed by atoms with E-state index in [0.717, 1.165) is 40.9 Å². The minimum absolute atomic E-state index is 0.179. The van der Waals surface area contributed by atoms with E-state index in [1.807, 2.05) is 37.5 Å². The number of likely N-dealkylation sites (N-methyl/N-ethyl adjacent to an activating group) is 1. The van der Waals surface area contributed by atoms with E-state index in [1.165, 1.54) is 12.1 Å². The molecule has 1 atom stereocenters. The fraction of sp³-hybridized carbons (Fsp3) is 0.308. The zero-order valence-corrected chi connectivity index (χ0v) is 20.4. The highest BCUT2D eigenvalue weighted by Crippen LogP contribution is 2.31.